The summed E-state index contributed by atoms with van der Waals surface area (Å²) in [5.74, 6) is -3.67. The van der Waals surface area contributed by atoms with E-state index in [-0.39, 0.29) is 11.3 Å². The van der Waals surface area contributed by atoms with Crippen LogP contribution in [0.15, 0.2) is 24.3 Å². The van der Waals surface area contributed by atoms with Crippen LogP contribution in [-0.4, -0.2) is 25.2 Å². The number of methoxy groups -OCH3 is 1. The molecule has 0 aliphatic rings. The molecule has 0 saturated heterocycles. The lowest BCUT2D eigenvalue weighted by atomic mass is 10.2. The van der Waals surface area contributed by atoms with Gasteiger partial charge in [0.25, 0.3) is 0 Å². The van der Waals surface area contributed by atoms with Gasteiger partial charge >= 0.3 is 18.1 Å². The maximum atomic E-state index is 11.8. The number of esters is 2. The summed E-state index contributed by atoms with van der Waals surface area (Å²) in [6, 6.07) is 5.23. The Bertz CT molecular complexity index is 439. The molecule has 0 aromatic heterocycles. The van der Waals surface area contributed by atoms with Crippen LogP contribution in [0, 0.1) is 0 Å². The first-order valence-corrected chi connectivity index (χ1v) is 4.32. The highest BCUT2D eigenvalue weighted by molar-refractivity contribution is 5.98. The Hall–Kier alpha value is -2.05. The summed E-state index contributed by atoms with van der Waals surface area (Å²) in [4.78, 5) is 21.6. The smallest absolute Gasteiger partial charge is 0.491 e. The number of carbonyl (C=O) groups excluding carboxylic acids is 2. The summed E-state index contributed by atoms with van der Waals surface area (Å²) < 4.78 is 43.9. The van der Waals surface area contributed by atoms with Gasteiger partial charge in [0.15, 0.2) is 0 Å². The van der Waals surface area contributed by atoms with Crippen molar-refractivity contribution in [1.29, 1.82) is 0 Å². The lowest BCUT2D eigenvalue weighted by Gasteiger charge is -2.06. The summed E-state index contributed by atoms with van der Waals surface area (Å²) in [6.45, 7) is 0. The number of halogens is 3. The zero-order chi connectivity index (χ0) is 13.1. The SMILES string of the molecule is COc1cccc(C(=O)OC(=O)C(F)(F)F)c1. The van der Waals surface area contributed by atoms with Crippen LogP contribution in [0.25, 0.3) is 0 Å². The molecule has 0 aliphatic carbocycles. The third-order valence-corrected chi connectivity index (χ3v) is 1.72. The molecule has 92 valence electrons. The van der Waals surface area contributed by atoms with Gasteiger partial charge < -0.3 is 9.47 Å². The number of rotatable bonds is 2. The Morgan fingerprint density at radius 2 is 1.88 bits per heavy atom. The molecule has 0 bridgehead atoms. The first-order chi connectivity index (χ1) is 7.84. The molecule has 0 aliphatic heterocycles. The average Bonchev–Trinajstić information content (AvgIpc) is 2.27. The second-order valence-electron chi connectivity index (χ2n) is 2.91. The van der Waals surface area contributed by atoms with Gasteiger partial charge in [-0.15, -0.1) is 0 Å². The van der Waals surface area contributed by atoms with Crippen molar-refractivity contribution in [3.8, 4) is 5.75 Å². The average molecular weight is 248 g/mol. The van der Waals surface area contributed by atoms with E-state index in [1.165, 1.54) is 25.3 Å². The van der Waals surface area contributed by atoms with Crippen LogP contribution in [0.5, 0.6) is 5.75 Å². The summed E-state index contributed by atoms with van der Waals surface area (Å²) in [5, 5.41) is 0. The molecule has 0 amide bonds. The first-order valence-electron chi connectivity index (χ1n) is 4.32. The van der Waals surface area contributed by atoms with Crippen molar-refractivity contribution < 1.29 is 32.2 Å². The van der Waals surface area contributed by atoms with Gasteiger partial charge in [-0.1, -0.05) is 6.07 Å². The largest absolute Gasteiger partial charge is 0.497 e. The highest BCUT2D eigenvalue weighted by Gasteiger charge is 2.42. The van der Waals surface area contributed by atoms with Gasteiger partial charge in [-0.3, -0.25) is 0 Å². The van der Waals surface area contributed by atoms with E-state index in [1.807, 2.05) is 0 Å². The van der Waals surface area contributed by atoms with Crippen LogP contribution in [0.4, 0.5) is 13.2 Å². The maximum absolute atomic E-state index is 11.8. The van der Waals surface area contributed by atoms with Gasteiger partial charge in [0.2, 0.25) is 0 Å². The fraction of sp³-hybridized carbons (Fsp3) is 0.200. The fourth-order valence-electron chi connectivity index (χ4n) is 0.951. The monoisotopic (exact) mass is 248 g/mol. The van der Waals surface area contributed by atoms with Gasteiger partial charge in [-0.25, -0.2) is 9.59 Å². The topological polar surface area (TPSA) is 52.6 Å². The Morgan fingerprint density at radius 1 is 1.24 bits per heavy atom. The second kappa shape index (κ2) is 4.86. The number of carbonyl (C=O) groups is 2. The van der Waals surface area contributed by atoms with Crippen molar-refractivity contribution in [3.05, 3.63) is 29.8 Å². The van der Waals surface area contributed by atoms with E-state index in [0.29, 0.717) is 0 Å². The highest BCUT2D eigenvalue weighted by atomic mass is 19.4. The molecule has 7 heteroatoms. The molecule has 0 fully saturated rings. The molecule has 1 aromatic rings. The third-order valence-electron chi connectivity index (χ3n) is 1.72. The molecule has 0 saturated carbocycles. The molecule has 1 aromatic carbocycles. The molecule has 0 N–H and O–H groups in total. The Kier molecular flexibility index (Phi) is 3.72. The number of benzene rings is 1. The van der Waals surface area contributed by atoms with E-state index in [9.17, 15) is 22.8 Å². The summed E-state index contributed by atoms with van der Waals surface area (Å²) in [6.07, 6.45) is -5.20. The third kappa shape index (κ3) is 3.47. The van der Waals surface area contributed by atoms with Crippen molar-refractivity contribution in [2.45, 2.75) is 6.18 Å². The molecule has 4 nitrogen and oxygen atoms in total. The van der Waals surface area contributed by atoms with Gasteiger partial charge in [0, 0.05) is 0 Å². The first kappa shape index (κ1) is 13.0. The van der Waals surface area contributed by atoms with Crippen LogP contribution < -0.4 is 4.74 Å². The predicted octanol–water partition coefficient (Wildman–Crippen LogP) is 1.94. The molecule has 0 heterocycles. The lowest BCUT2D eigenvalue weighted by molar-refractivity contribution is -0.193. The van der Waals surface area contributed by atoms with Crippen molar-refractivity contribution in [1.82, 2.24) is 0 Å². The van der Waals surface area contributed by atoms with E-state index in [2.05, 4.69) is 4.74 Å². The van der Waals surface area contributed by atoms with Crippen LogP contribution in [0.1, 0.15) is 10.4 Å². The number of alkyl halides is 3. The summed E-state index contributed by atoms with van der Waals surface area (Å²) >= 11 is 0. The highest BCUT2D eigenvalue weighted by Crippen LogP contribution is 2.19. The summed E-state index contributed by atoms with van der Waals surface area (Å²) in [5.41, 5.74) is -0.207. The van der Waals surface area contributed by atoms with Crippen molar-refractivity contribution >= 4 is 11.9 Å². The second-order valence-corrected chi connectivity index (χ2v) is 2.91. The Balaban J connectivity index is 2.80. The van der Waals surface area contributed by atoms with E-state index >= 15 is 0 Å². The minimum Gasteiger partial charge on any atom is -0.497 e. The minimum atomic E-state index is -5.20. The van der Waals surface area contributed by atoms with Gasteiger partial charge in [0.05, 0.1) is 12.7 Å². The van der Waals surface area contributed by atoms with Gasteiger partial charge in [-0.05, 0) is 18.2 Å². The zero-order valence-electron chi connectivity index (χ0n) is 8.58. The van der Waals surface area contributed by atoms with Crippen LogP contribution in [0.2, 0.25) is 0 Å². The number of hydrogen-bond acceptors (Lipinski definition) is 4. The normalized spacial score (nSPS) is 10.8. The molecular formula is C10H7F3O4. The van der Waals surface area contributed by atoms with Crippen molar-refractivity contribution in [2.24, 2.45) is 0 Å². The van der Waals surface area contributed by atoms with Crippen LogP contribution >= 0.6 is 0 Å². The quantitative estimate of drug-likeness (QED) is 0.592. The summed E-state index contributed by atoms with van der Waals surface area (Å²) in [7, 11) is 1.32. The Morgan fingerprint density at radius 3 is 2.41 bits per heavy atom. The number of ether oxygens (including phenoxy) is 2. The van der Waals surface area contributed by atoms with E-state index in [0.717, 1.165) is 6.07 Å². The van der Waals surface area contributed by atoms with E-state index < -0.39 is 18.1 Å². The minimum absolute atomic E-state index is 0.207. The fourth-order valence-corrected chi connectivity index (χ4v) is 0.951. The molecular weight excluding hydrogens is 241 g/mol. The van der Waals surface area contributed by atoms with Gasteiger partial charge in [0.1, 0.15) is 5.75 Å². The standard InChI is InChI=1S/C10H7F3O4/c1-16-7-4-2-3-6(5-7)8(14)17-9(15)10(11,12)13/h2-5H,1H3. The Labute approximate surface area is 93.9 Å². The van der Waals surface area contributed by atoms with Crippen LogP contribution in [0.3, 0.4) is 0 Å². The molecule has 0 radical (unpaired) electrons. The van der Waals surface area contributed by atoms with E-state index in [1.54, 1.807) is 0 Å². The number of hydrogen-bond donors (Lipinski definition) is 0. The maximum Gasteiger partial charge on any atom is 0.491 e. The molecule has 0 spiro atoms. The van der Waals surface area contributed by atoms with Crippen molar-refractivity contribution in [3.63, 3.8) is 0 Å². The van der Waals surface area contributed by atoms with Crippen LogP contribution in [-0.2, 0) is 9.53 Å². The predicted molar refractivity (Wildman–Crippen MR) is 49.5 cm³/mol. The molecule has 17 heavy (non-hydrogen) atoms. The molecule has 0 atom stereocenters. The molecule has 1 rings (SSSR count). The van der Waals surface area contributed by atoms with Crippen molar-refractivity contribution in [2.75, 3.05) is 7.11 Å². The zero-order valence-corrected chi connectivity index (χ0v) is 8.58. The van der Waals surface area contributed by atoms with Gasteiger partial charge in [-0.2, -0.15) is 13.2 Å². The van der Waals surface area contributed by atoms with E-state index in [4.69, 9.17) is 4.74 Å². The lowest BCUT2D eigenvalue weighted by Crippen LogP contribution is -2.28. The molecule has 0 unspecified atom stereocenters.